The lowest BCUT2D eigenvalue weighted by Gasteiger charge is -2.17. The molecule has 2 aromatic rings. The van der Waals surface area contributed by atoms with Gasteiger partial charge < -0.3 is 9.42 Å². The van der Waals surface area contributed by atoms with Crippen LogP contribution in [0.1, 0.15) is 64.6 Å². The Bertz CT molecular complexity index is 792. The number of carbonyl (C=O) groups is 1. The summed E-state index contributed by atoms with van der Waals surface area (Å²) >= 11 is 0. The Kier molecular flexibility index (Phi) is 3.44. The minimum absolute atomic E-state index is 0.0296. The Morgan fingerprint density at radius 3 is 2.79 bits per heavy atom. The van der Waals surface area contributed by atoms with Crippen LogP contribution < -0.4 is 0 Å². The zero-order valence-electron chi connectivity index (χ0n) is 14.5. The highest BCUT2D eigenvalue weighted by Crippen LogP contribution is 2.42. The van der Waals surface area contributed by atoms with Crippen molar-refractivity contribution in [2.45, 2.75) is 46.0 Å². The third-order valence-corrected chi connectivity index (χ3v) is 5.27. The van der Waals surface area contributed by atoms with Gasteiger partial charge in [-0.1, -0.05) is 19.0 Å². The zero-order chi connectivity index (χ0) is 17.0. The molecular weight excluding hydrogens is 304 g/mol. The minimum atomic E-state index is 0.0296. The maximum absolute atomic E-state index is 12.8. The quantitative estimate of drug-likeness (QED) is 0.848. The molecule has 1 amide bonds. The van der Waals surface area contributed by atoms with Gasteiger partial charge in [0.1, 0.15) is 17.1 Å². The molecule has 2 atom stereocenters. The van der Waals surface area contributed by atoms with Crippen LogP contribution in [0.15, 0.2) is 10.7 Å². The van der Waals surface area contributed by atoms with Crippen LogP contribution >= 0.6 is 0 Å². The van der Waals surface area contributed by atoms with E-state index in [-0.39, 0.29) is 5.91 Å². The van der Waals surface area contributed by atoms with Crippen LogP contribution in [0.5, 0.6) is 0 Å². The van der Waals surface area contributed by atoms with Gasteiger partial charge in [0, 0.05) is 36.8 Å². The topological polar surface area (TPSA) is 72.1 Å². The molecule has 126 valence electrons. The molecule has 0 N–H and O–H groups in total. The van der Waals surface area contributed by atoms with Gasteiger partial charge in [-0.15, -0.1) is 0 Å². The Morgan fingerprint density at radius 2 is 2.12 bits per heavy atom. The van der Waals surface area contributed by atoms with Gasteiger partial charge in [0.15, 0.2) is 0 Å². The molecule has 0 aromatic carbocycles. The van der Waals surface area contributed by atoms with Crippen molar-refractivity contribution >= 4 is 5.91 Å². The number of hydrogen-bond acceptors (Lipinski definition) is 5. The molecule has 2 aliphatic rings. The van der Waals surface area contributed by atoms with E-state index in [9.17, 15) is 4.79 Å². The summed E-state index contributed by atoms with van der Waals surface area (Å²) in [5, 5.41) is 3.90. The maximum Gasteiger partial charge on any atom is 0.259 e. The van der Waals surface area contributed by atoms with Crippen molar-refractivity contribution < 1.29 is 9.32 Å². The lowest BCUT2D eigenvalue weighted by molar-refractivity contribution is 0.0782. The fourth-order valence-electron chi connectivity index (χ4n) is 3.98. The Morgan fingerprint density at radius 1 is 1.33 bits per heavy atom. The predicted molar refractivity (Wildman–Crippen MR) is 87.9 cm³/mol. The molecule has 1 saturated heterocycles. The van der Waals surface area contributed by atoms with Crippen molar-refractivity contribution in [1.82, 2.24) is 20.0 Å². The molecule has 1 fully saturated rings. The zero-order valence-corrected chi connectivity index (χ0v) is 14.5. The second-order valence-electron chi connectivity index (χ2n) is 7.26. The van der Waals surface area contributed by atoms with Gasteiger partial charge in [0.2, 0.25) is 0 Å². The summed E-state index contributed by atoms with van der Waals surface area (Å²) in [6.45, 7) is 9.33. The molecule has 0 unspecified atom stereocenters. The molecule has 0 radical (unpaired) electrons. The van der Waals surface area contributed by atoms with Crippen LogP contribution in [-0.2, 0) is 6.42 Å². The van der Waals surface area contributed by atoms with Gasteiger partial charge in [-0.05, 0) is 31.7 Å². The molecule has 0 spiro atoms. The van der Waals surface area contributed by atoms with Crippen molar-refractivity contribution in [3.8, 4) is 0 Å². The highest BCUT2D eigenvalue weighted by atomic mass is 16.5. The number of likely N-dealkylation sites (tertiary alicyclic amines) is 1. The molecule has 6 nitrogen and oxygen atoms in total. The van der Waals surface area contributed by atoms with E-state index in [4.69, 9.17) is 9.51 Å². The second kappa shape index (κ2) is 5.40. The van der Waals surface area contributed by atoms with Crippen molar-refractivity contribution in [2.75, 3.05) is 13.1 Å². The number of fused-ring (bicyclic) bond motifs is 3. The molecule has 3 heterocycles. The smallest absolute Gasteiger partial charge is 0.259 e. The van der Waals surface area contributed by atoms with E-state index in [2.05, 4.69) is 24.0 Å². The molecular formula is C18H22N4O2. The molecule has 1 aliphatic heterocycles. The van der Waals surface area contributed by atoms with Gasteiger partial charge in [-0.3, -0.25) is 4.79 Å². The summed E-state index contributed by atoms with van der Waals surface area (Å²) in [4.78, 5) is 24.0. The number of nitrogens with zero attached hydrogens (tertiary/aromatic N) is 4. The van der Waals surface area contributed by atoms with Gasteiger partial charge in [-0.25, -0.2) is 9.97 Å². The van der Waals surface area contributed by atoms with Crippen LogP contribution in [0, 0.1) is 19.8 Å². The second-order valence-corrected chi connectivity index (χ2v) is 7.26. The molecule has 4 rings (SSSR count). The van der Waals surface area contributed by atoms with Gasteiger partial charge in [0.05, 0.1) is 5.69 Å². The van der Waals surface area contributed by atoms with Crippen LogP contribution in [-0.4, -0.2) is 39.0 Å². The van der Waals surface area contributed by atoms with E-state index in [1.165, 1.54) is 11.3 Å². The highest BCUT2D eigenvalue weighted by Gasteiger charge is 2.43. The third-order valence-electron chi connectivity index (χ3n) is 5.27. The number of amides is 1. The maximum atomic E-state index is 12.8. The minimum Gasteiger partial charge on any atom is -0.361 e. The van der Waals surface area contributed by atoms with Crippen LogP contribution in [0.3, 0.4) is 0 Å². The summed E-state index contributed by atoms with van der Waals surface area (Å²) < 4.78 is 5.14. The van der Waals surface area contributed by atoms with E-state index < -0.39 is 0 Å². The van der Waals surface area contributed by atoms with Crippen LogP contribution in [0.2, 0.25) is 0 Å². The summed E-state index contributed by atoms with van der Waals surface area (Å²) in [5.41, 5.74) is 3.67. The molecule has 24 heavy (non-hydrogen) atoms. The van der Waals surface area contributed by atoms with E-state index in [1.807, 2.05) is 18.0 Å². The van der Waals surface area contributed by atoms with Crippen molar-refractivity contribution in [3.63, 3.8) is 0 Å². The normalized spacial score (nSPS) is 22.1. The standard InChI is InChI=1S/C18H22N4O2/c1-9(2)17-19-6-13-14-8-22(7-12(14)5-15(13)20-17)18(23)16-10(3)21-24-11(16)4/h6,9,12,14H,5,7-8H2,1-4H3/t12-,14-/m1/s1. The summed E-state index contributed by atoms with van der Waals surface area (Å²) in [6, 6.07) is 0. The first-order valence-electron chi connectivity index (χ1n) is 8.53. The lowest BCUT2D eigenvalue weighted by atomic mass is 9.97. The third kappa shape index (κ3) is 2.24. The number of rotatable bonds is 2. The lowest BCUT2D eigenvalue weighted by Crippen LogP contribution is -2.30. The number of carbonyl (C=O) groups excluding carboxylic acids is 1. The number of aryl methyl sites for hydroxylation is 2. The Balaban J connectivity index is 1.57. The summed E-state index contributed by atoms with van der Waals surface area (Å²) in [5.74, 6) is 2.68. The average Bonchev–Trinajstić information content (AvgIpc) is 3.18. The molecule has 1 aliphatic carbocycles. The van der Waals surface area contributed by atoms with Crippen molar-refractivity contribution in [2.24, 2.45) is 5.92 Å². The van der Waals surface area contributed by atoms with Crippen LogP contribution in [0.4, 0.5) is 0 Å². The van der Waals surface area contributed by atoms with Gasteiger partial charge >= 0.3 is 0 Å². The first-order valence-corrected chi connectivity index (χ1v) is 8.53. The average molecular weight is 326 g/mol. The molecule has 6 heteroatoms. The first kappa shape index (κ1) is 15.3. The van der Waals surface area contributed by atoms with Crippen molar-refractivity contribution in [1.29, 1.82) is 0 Å². The van der Waals surface area contributed by atoms with Crippen molar-refractivity contribution in [3.05, 3.63) is 40.3 Å². The SMILES string of the molecule is Cc1noc(C)c1C(=O)N1C[C@H]2Cc3nc(C(C)C)ncc3[C@@H]2C1. The molecule has 0 saturated carbocycles. The van der Waals surface area contributed by atoms with E-state index >= 15 is 0 Å². The summed E-state index contributed by atoms with van der Waals surface area (Å²) in [7, 11) is 0. The van der Waals surface area contributed by atoms with Gasteiger partial charge in [-0.2, -0.15) is 0 Å². The van der Waals surface area contributed by atoms with Crippen LogP contribution in [0.25, 0.3) is 0 Å². The fourth-order valence-corrected chi connectivity index (χ4v) is 3.98. The van der Waals surface area contributed by atoms with Gasteiger partial charge in [0.25, 0.3) is 5.91 Å². The fraction of sp³-hybridized carbons (Fsp3) is 0.556. The highest BCUT2D eigenvalue weighted by molar-refractivity contribution is 5.96. The largest absolute Gasteiger partial charge is 0.361 e. The monoisotopic (exact) mass is 326 g/mol. The van der Waals surface area contributed by atoms with E-state index in [1.54, 1.807) is 6.92 Å². The predicted octanol–water partition coefficient (Wildman–Crippen LogP) is 2.62. The Labute approximate surface area is 141 Å². The molecule has 0 bridgehead atoms. The number of hydrogen-bond donors (Lipinski definition) is 0. The Hall–Kier alpha value is -2.24. The first-order chi connectivity index (χ1) is 11.5. The number of aromatic nitrogens is 3. The molecule has 2 aromatic heterocycles. The summed E-state index contributed by atoms with van der Waals surface area (Å²) in [6.07, 6.45) is 2.92. The van der Waals surface area contributed by atoms with E-state index in [0.717, 1.165) is 25.3 Å². The van der Waals surface area contributed by atoms with E-state index in [0.29, 0.717) is 34.8 Å².